The van der Waals surface area contributed by atoms with Crippen molar-refractivity contribution in [2.75, 3.05) is 6.54 Å². The summed E-state index contributed by atoms with van der Waals surface area (Å²) in [5.74, 6) is -0.475. The SMILES string of the molecule is Cc1ccc(C(=O)NC[C@@H](C)O)c(=O)[nH]1. The molecule has 1 heterocycles. The number of aromatic nitrogens is 1. The van der Waals surface area contributed by atoms with Crippen LogP contribution in [0.1, 0.15) is 23.0 Å². The Labute approximate surface area is 87.1 Å². The summed E-state index contributed by atoms with van der Waals surface area (Å²) in [6.45, 7) is 3.42. The van der Waals surface area contributed by atoms with E-state index in [0.717, 1.165) is 0 Å². The molecule has 0 spiro atoms. The fraction of sp³-hybridized carbons (Fsp3) is 0.400. The summed E-state index contributed by atoms with van der Waals surface area (Å²) >= 11 is 0. The molecular weight excluding hydrogens is 196 g/mol. The van der Waals surface area contributed by atoms with Gasteiger partial charge in [0.1, 0.15) is 5.56 Å². The largest absolute Gasteiger partial charge is 0.392 e. The van der Waals surface area contributed by atoms with Gasteiger partial charge in [-0.1, -0.05) is 0 Å². The standard InChI is InChI=1S/C10H14N2O3/c1-6-3-4-8(10(15)12-6)9(14)11-5-7(2)13/h3-4,7,13H,5H2,1-2H3,(H,11,14)(H,12,15)/t7-/m1/s1. The average Bonchev–Trinajstić information content (AvgIpc) is 2.14. The van der Waals surface area contributed by atoms with E-state index in [2.05, 4.69) is 10.3 Å². The fourth-order valence-electron chi connectivity index (χ4n) is 1.09. The number of rotatable bonds is 3. The molecule has 1 aromatic rings. The van der Waals surface area contributed by atoms with Crippen LogP contribution in [0.3, 0.4) is 0 Å². The third kappa shape index (κ3) is 3.21. The normalized spacial score (nSPS) is 12.2. The van der Waals surface area contributed by atoms with E-state index in [1.165, 1.54) is 6.07 Å². The number of hydrogen-bond acceptors (Lipinski definition) is 3. The Morgan fingerprint density at radius 2 is 2.27 bits per heavy atom. The second kappa shape index (κ2) is 4.75. The van der Waals surface area contributed by atoms with Gasteiger partial charge in [0.2, 0.25) is 0 Å². The number of nitrogens with one attached hydrogen (secondary N) is 2. The number of pyridine rings is 1. The molecule has 5 nitrogen and oxygen atoms in total. The molecule has 1 rings (SSSR count). The van der Waals surface area contributed by atoms with Crippen LogP contribution in [0.4, 0.5) is 0 Å². The Morgan fingerprint density at radius 1 is 1.60 bits per heavy atom. The first kappa shape index (κ1) is 11.5. The predicted molar refractivity (Wildman–Crippen MR) is 55.8 cm³/mol. The monoisotopic (exact) mass is 210 g/mol. The lowest BCUT2D eigenvalue weighted by molar-refractivity contribution is 0.0922. The van der Waals surface area contributed by atoms with Gasteiger partial charge in [-0.05, 0) is 26.0 Å². The van der Waals surface area contributed by atoms with E-state index in [1.54, 1.807) is 19.9 Å². The van der Waals surface area contributed by atoms with Gasteiger partial charge in [0.05, 0.1) is 6.10 Å². The van der Waals surface area contributed by atoms with Crippen LogP contribution in [0.2, 0.25) is 0 Å². The highest BCUT2D eigenvalue weighted by atomic mass is 16.3. The van der Waals surface area contributed by atoms with Crippen molar-refractivity contribution < 1.29 is 9.90 Å². The van der Waals surface area contributed by atoms with E-state index in [0.29, 0.717) is 5.69 Å². The smallest absolute Gasteiger partial charge is 0.260 e. The molecule has 0 aliphatic carbocycles. The van der Waals surface area contributed by atoms with Gasteiger partial charge in [0.25, 0.3) is 11.5 Å². The minimum Gasteiger partial charge on any atom is -0.392 e. The quantitative estimate of drug-likeness (QED) is 0.645. The molecule has 1 aromatic heterocycles. The molecule has 3 N–H and O–H groups in total. The lowest BCUT2D eigenvalue weighted by Crippen LogP contribution is -2.34. The van der Waals surface area contributed by atoms with Crippen LogP contribution < -0.4 is 10.9 Å². The molecule has 1 amide bonds. The molecule has 0 aliphatic rings. The zero-order valence-electron chi connectivity index (χ0n) is 8.70. The van der Waals surface area contributed by atoms with Crippen LogP contribution in [0, 0.1) is 6.92 Å². The molecule has 0 saturated carbocycles. The van der Waals surface area contributed by atoms with Crippen molar-refractivity contribution >= 4 is 5.91 Å². The number of amides is 1. The van der Waals surface area contributed by atoms with Gasteiger partial charge in [-0.15, -0.1) is 0 Å². The Balaban J connectivity index is 2.79. The van der Waals surface area contributed by atoms with Gasteiger partial charge in [-0.25, -0.2) is 0 Å². The number of aryl methyl sites for hydroxylation is 1. The van der Waals surface area contributed by atoms with Gasteiger partial charge in [0, 0.05) is 12.2 Å². The van der Waals surface area contributed by atoms with Crippen LogP contribution in [-0.4, -0.2) is 28.6 Å². The maximum atomic E-state index is 11.4. The number of carbonyl (C=O) groups excluding carboxylic acids is 1. The van der Waals surface area contributed by atoms with Crippen molar-refractivity contribution in [3.05, 3.63) is 33.7 Å². The maximum absolute atomic E-state index is 11.4. The summed E-state index contributed by atoms with van der Waals surface area (Å²) in [5.41, 5.74) is 0.339. The van der Waals surface area contributed by atoms with E-state index in [-0.39, 0.29) is 12.1 Å². The van der Waals surface area contributed by atoms with Crippen LogP contribution in [-0.2, 0) is 0 Å². The van der Waals surface area contributed by atoms with Crippen molar-refractivity contribution in [2.24, 2.45) is 0 Å². The van der Waals surface area contributed by atoms with Gasteiger partial charge < -0.3 is 15.4 Å². The topological polar surface area (TPSA) is 82.2 Å². The molecule has 0 bridgehead atoms. The van der Waals surface area contributed by atoms with Crippen LogP contribution in [0.25, 0.3) is 0 Å². The minimum atomic E-state index is -0.626. The molecule has 0 unspecified atom stereocenters. The van der Waals surface area contributed by atoms with Crippen LogP contribution in [0.5, 0.6) is 0 Å². The summed E-state index contributed by atoms with van der Waals surface area (Å²) in [6.07, 6.45) is -0.626. The summed E-state index contributed by atoms with van der Waals surface area (Å²) in [7, 11) is 0. The third-order valence-corrected chi connectivity index (χ3v) is 1.86. The molecule has 0 saturated heterocycles. The Morgan fingerprint density at radius 3 is 2.80 bits per heavy atom. The fourth-order valence-corrected chi connectivity index (χ4v) is 1.09. The average molecular weight is 210 g/mol. The van der Waals surface area contributed by atoms with E-state index in [4.69, 9.17) is 5.11 Å². The van der Waals surface area contributed by atoms with Crippen LogP contribution >= 0.6 is 0 Å². The molecule has 0 aromatic carbocycles. The van der Waals surface area contributed by atoms with Crippen molar-refractivity contribution in [3.63, 3.8) is 0 Å². The highest BCUT2D eigenvalue weighted by molar-refractivity contribution is 5.93. The van der Waals surface area contributed by atoms with Crippen molar-refractivity contribution in [3.8, 4) is 0 Å². The lowest BCUT2D eigenvalue weighted by atomic mass is 10.2. The summed E-state index contributed by atoms with van der Waals surface area (Å²) < 4.78 is 0. The Hall–Kier alpha value is -1.62. The second-order valence-corrected chi connectivity index (χ2v) is 3.44. The van der Waals surface area contributed by atoms with Crippen molar-refractivity contribution in [1.29, 1.82) is 0 Å². The van der Waals surface area contributed by atoms with Gasteiger partial charge in [0.15, 0.2) is 0 Å². The minimum absolute atomic E-state index is 0.0567. The first-order valence-electron chi connectivity index (χ1n) is 4.67. The molecule has 15 heavy (non-hydrogen) atoms. The maximum Gasteiger partial charge on any atom is 0.260 e. The molecule has 82 valence electrons. The molecule has 0 fully saturated rings. The van der Waals surface area contributed by atoms with Crippen molar-refractivity contribution in [1.82, 2.24) is 10.3 Å². The number of aliphatic hydroxyl groups excluding tert-OH is 1. The van der Waals surface area contributed by atoms with Crippen LogP contribution in [0.15, 0.2) is 16.9 Å². The molecule has 0 aliphatic heterocycles. The third-order valence-electron chi connectivity index (χ3n) is 1.86. The Kier molecular flexibility index (Phi) is 3.62. The summed E-state index contributed by atoms with van der Waals surface area (Å²) in [6, 6.07) is 3.12. The van der Waals surface area contributed by atoms with Gasteiger partial charge in [-0.3, -0.25) is 9.59 Å². The lowest BCUT2D eigenvalue weighted by Gasteiger charge is -2.06. The van der Waals surface area contributed by atoms with E-state index in [1.807, 2.05) is 0 Å². The first-order valence-corrected chi connectivity index (χ1v) is 4.67. The second-order valence-electron chi connectivity index (χ2n) is 3.44. The van der Waals surface area contributed by atoms with Crippen molar-refractivity contribution in [2.45, 2.75) is 20.0 Å². The Bertz CT molecular complexity index is 409. The van der Waals surface area contributed by atoms with E-state index < -0.39 is 17.6 Å². The molecule has 1 atom stereocenters. The molecule has 0 radical (unpaired) electrons. The van der Waals surface area contributed by atoms with Gasteiger partial charge >= 0.3 is 0 Å². The number of carbonyl (C=O) groups is 1. The van der Waals surface area contributed by atoms with Gasteiger partial charge in [-0.2, -0.15) is 0 Å². The predicted octanol–water partition coefficient (Wildman–Crippen LogP) is -0.206. The number of aliphatic hydroxyl groups is 1. The number of H-pyrrole nitrogens is 1. The van der Waals surface area contributed by atoms with E-state index >= 15 is 0 Å². The molecular formula is C10H14N2O3. The first-order chi connectivity index (χ1) is 7.00. The number of aromatic amines is 1. The van der Waals surface area contributed by atoms with E-state index in [9.17, 15) is 9.59 Å². The number of hydrogen-bond donors (Lipinski definition) is 3. The zero-order chi connectivity index (χ0) is 11.4. The highest BCUT2D eigenvalue weighted by Gasteiger charge is 2.10. The molecule has 5 heteroatoms. The highest BCUT2D eigenvalue weighted by Crippen LogP contribution is 1.93. The summed E-state index contributed by atoms with van der Waals surface area (Å²) in [5, 5.41) is 11.4. The summed E-state index contributed by atoms with van der Waals surface area (Å²) in [4.78, 5) is 25.3. The zero-order valence-corrected chi connectivity index (χ0v) is 8.70.